The molecule has 0 aromatic heterocycles. The number of amides is 2. The summed E-state index contributed by atoms with van der Waals surface area (Å²) in [7, 11) is -2.69. The van der Waals surface area contributed by atoms with Crippen molar-refractivity contribution in [2.45, 2.75) is 38.3 Å². The first-order valence-electron chi connectivity index (χ1n) is 11.6. The van der Waals surface area contributed by atoms with Gasteiger partial charge in [-0.1, -0.05) is 65.2 Å². The van der Waals surface area contributed by atoms with Crippen LogP contribution < -0.4 is 9.62 Å². The van der Waals surface area contributed by atoms with Crippen molar-refractivity contribution in [1.29, 1.82) is 0 Å². The molecule has 3 aromatic carbocycles. The number of hydrogen-bond acceptors (Lipinski definition) is 4. The van der Waals surface area contributed by atoms with Crippen LogP contribution in [0.2, 0.25) is 10.0 Å². The third-order valence-corrected chi connectivity index (χ3v) is 8.62. The van der Waals surface area contributed by atoms with E-state index < -0.39 is 28.5 Å². The summed E-state index contributed by atoms with van der Waals surface area (Å²) < 4.78 is 28.5. The first-order valence-corrected chi connectivity index (χ1v) is 13.7. The fraction of sp³-hybridized carbons (Fsp3) is 0.259. The lowest BCUT2D eigenvalue weighted by Crippen LogP contribution is -2.50. The predicted molar refractivity (Wildman–Crippen MR) is 147 cm³/mol. The number of nitrogens with zero attached hydrogens (tertiary/aromatic N) is 2. The Hall–Kier alpha value is -3.07. The zero-order chi connectivity index (χ0) is 27.3. The van der Waals surface area contributed by atoms with Crippen LogP contribution in [-0.2, 0) is 26.2 Å². The van der Waals surface area contributed by atoms with Gasteiger partial charge in [-0.3, -0.25) is 13.9 Å². The predicted octanol–water partition coefficient (Wildman–Crippen LogP) is 4.97. The van der Waals surface area contributed by atoms with Gasteiger partial charge in [0.1, 0.15) is 12.6 Å². The molecule has 1 atom stereocenters. The van der Waals surface area contributed by atoms with E-state index in [-0.39, 0.29) is 33.1 Å². The van der Waals surface area contributed by atoms with Crippen LogP contribution in [0.15, 0.2) is 71.6 Å². The van der Waals surface area contributed by atoms with Gasteiger partial charge in [0, 0.05) is 13.6 Å². The fourth-order valence-electron chi connectivity index (χ4n) is 3.77. The smallest absolute Gasteiger partial charge is 0.264 e. The summed E-state index contributed by atoms with van der Waals surface area (Å²) in [5.41, 5.74) is 2.85. The molecule has 3 aromatic rings. The lowest BCUT2D eigenvalue weighted by Gasteiger charge is -2.32. The summed E-state index contributed by atoms with van der Waals surface area (Å²) in [5, 5.41) is 2.96. The Kier molecular flexibility index (Phi) is 9.23. The molecule has 0 unspecified atom stereocenters. The average Bonchev–Trinajstić information content (AvgIpc) is 2.87. The molecule has 0 spiro atoms. The molecule has 0 aliphatic rings. The number of rotatable bonds is 9. The van der Waals surface area contributed by atoms with E-state index in [0.29, 0.717) is 0 Å². The van der Waals surface area contributed by atoms with Gasteiger partial charge in [0.15, 0.2) is 0 Å². The quantitative estimate of drug-likeness (QED) is 0.399. The minimum Gasteiger partial charge on any atom is -0.357 e. The van der Waals surface area contributed by atoms with Gasteiger partial charge in [-0.2, -0.15) is 0 Å². The van der Waals surface area contributed by atoms with Crippen LogP contribution in [0.25, 0.3) is 0 Å². The van der Waals surface area contributed by atoms with Crippen LogP contribution in [0.5, 0.6) is 0 Å². The highest BCUT2D eigenvalue weighted by Crippen LogP contribution is 2.31. The van der Waals surface area contributed by atoms with Crippen molar-refractivity contribution in [3.63, 3.8) is 0 Å². The van der Waals surface area contributed by atoms with Gasteiger partial charge in [-0.15, -0.1) is 0 Å². The van der Waals surface area contributed by atoms with Crippen LogP contribution in [0.3, 0.4) is 0 Å². The summed E-state index contributed by atoms with van der Waals surface area (Å²) in [6, 6.07) is 17.3. The normalized spacial score (nSPS) is 12.1. The van der Waals surface area contributed by atoms with Gasteiger partial charge >= 0.3 is 0 Å². The number of carbonyl (C=O) groups is 2. The SMILES string of the molecule is CNC(=O)[C@@H](C)N(Cc1ccccc1C)C(=O)CN(c1ccc(Cl)c(Cl)c1)S(=O)(=O)c1ccc(C)cc1. The van der Waals surface area contributed by atoms with E-state index in [1.807, 2.05) is 38.1 Å². The molecular formula is C27H29Cl2N3O4S. The van der Waals surface area contributed by atoms with Gasteiger partial charge in [-0.05, 0) is 62.2 Å². The van der Waals surface area contributed by atoms with Crippen molar-refractivity contribution in [2.24, 2.45) is 0 Å². The maximum absolute atomic E-state index is 13.8. The lowest BCUT2D eigenvalue weighted by atomic mass is 10.1. The Morgan fingerprint density at radius 2 is 1.59 bits per heavy atom. The van der Waals surface area contributed by atoms with Crippen molar-refractivity contribution in [2.75, 3.05) is 17.9 Å². The van der Waals surface area contributed by atoms with E-state index in [0.717, 1.165) is 21.0 Å². The zero-order valence-corrected chi connectivity index (χ0v) is 23.4. The molecule has 0 saturated heterocycles. The van der Waals surface area contributed by atoms with E-state index in [1.165, 1.54) is 42.3 Å². The molecule has 0 aliphatic heterocycles. The van der Waals surface area contributed by atoms with Gasteiger partial charge in [0.25, 0.3) is 10.0 Å². The Morgan fingerprint density at radius 3 is 2.19 bits per heavy atom. The summed E-state index contributed by atoms with van der Waals surface area (Å²) in [6.07, 6.45) is 0. The Morgan fingerprint density at radius 1 is 0.946 bits per heavy atom. The molecule has 7 nitrogen and oxygen atoms in total. The molecule has 1 N–H and O–H groups in total. The molecule has 0 saturated carbocycles. The summed E-state index contributed by atoms with van der Waals surface area (Å²) in [6.45, 7) is 4.93. The summed E-state index contributed by atoms with van der Waals surface area (Å²) in [4.78, 5) is 27.7. The van der Waals surface area contributed by atoms with Gasteiger partial charge < -0.3 is 10.2 Å². The highest BCUT2D eigenvalue weighted by Gasteiger charge is 2.32. The largest absolute Gasteiger partial charge is 0.357 e. The number of nitrogens with one attached hydrogen (secondary N) is 1. The molecule has 0 fully saturated rings. The third-order valence-electron chi connectivity index (χ3n) is 6.09. The Balaban J connectivity index is 2.07. The number of hydrogen-bond donors (Lipinski definition) is 1. The zero-order valence-electron chi connectivity index (χ0n) is 21.0. The molecule has 10 heteroatoms. The van der Waals surface area contributed by atoms with Gasteiger partial charge in [0.2, 0.25) is 11.8 Å². The number of carbonyl (C=O) groups excluding carboxylic acids is 2. The Bertz CT molecular complexity index is 1400. The number of anilines is 1. The van der Waals surface area contributed by atoms with Crippen LogP contribution in [0, 0.1) is 13.8 Å². The minimum atomic E-state index is -4.18. The van der Waals surface area contributed by atoms with Crippen molar-refractivity contribution < 1.29 is 18.0 Å². The van der Waals surface area contributed by atoms with Gasteiger partial charge in [0.05, 0.1) is 20.6 Å². The summed E-state index contributed by atoms with van der Waals surface area (Å²) in [5.74, 6) is -0.925. The highest BCUT2D eigenvalue weighted by molar-refractivity contribution is 7.92. The number of sulfonamides is 1. The first-order chi connectivity index (χ1) is 17.4. The fourth-order valence-corrected chi connectivity index (χ4v) is 5.47. The van der Waals surface area contributed by atoms with Crippen molar-refractivity contribution in [1.82, 2.24) is 10.2 Å². The maximum atomic E-state index is 13.8. The number of likely N-dealkylation sites (N-methyl/N-ethyl adjacent to an activating group) is 1. The second kappa shape index (κ2) is 12.0. The summed E-state index contributed by atoms with van der Waals surface area (Å²) >= 11 is 12.3. The van der Waals surface area contributed by atoms with Crippen LogP contribution in [0.1, 0.15) is 23.6 Å². The van der Waals surface area contributed by atoms with Crippen LogP contribution in [0.4, 0.5) is 5.69 Å². The molecule has 0 aliphatic carbocycles. The molecular weight excluding hydrogens is 533 g/mol. The van der Waals surface area contributed by atoms with Crippen molar-refractivity contribution in [3.8, 4) is 0 Å². The third kappa shape index (κ3) is 6.63. The number of aryl methyl sites for hydroxylation is 2. The lowest BCUT2D eigenvalue weighted by molar-refractivity contribution is -0.139. The van der Waals surface area contributed by atoms with E-state index in [4.69, 9.17) is 23.2 Å². The number of halogens is 2. The first kappa shape index (κ1) is 28.5. The second-order valence-electron chi connectivity index (χ2n) is 8.66. The number of benzene rings is 3. The minimum absolute atomic E-state index is 0.0155. The van der Waals surface area contributed by atoms with E-state index >= 15 is 0 Å². The van der Waals surface area contributed by atoms with Crippen LogP contribution >= 0.6 is 23.2 Å². The standard InChI is InChI=1S/C27H29Cl2N3O4S/c1-18-9-12-23(13-10-18)37(35,36)32(22-11-14-24(28)25(29)15-22)17-26(33)31(20(3)27(34)30-4)16-21-8-6-5-7-19(21)2/h5-15,20H,16-17H2,1-4H3,(H,30,34)/t20-/m1/s1. The molecule has 2 amide bonds. The Labute approximate surface area is 228 Å². The van der Waals surface area contributed by atoms with Gasteiger partial charge in [-0.25, -0.2) is 8.42 Å². The molecule has 3 rings (SSSR count). The van der Waals surface area contributed by atoms with E-state index in [1.54, 1.807) is 19.1 Å². The average molecular weight is 563 g/mol. The molecule has 37 heavy (non-hydrogen) atoms. The van der Waals surface area contributed by atoms with Crippen LogP contribution in [-0.4, -0.2) is 44.8 Å². The maximum Gasteiger partial charge on any atom is 0.264 e. The molecule has 0 bridgehead atoms. The van der Waals surface area contributed by atoms with Crippen molar-refractivity contribution in [3.05, 3.63) is 93.5 Å². The topological polar surface area (TPSA) is 86.8 Å². The van der Waals surface area contributed by atoms with E-state index in [2.05, 4.69) is 5.32 Å². The monoisotopic (exact) mass is 561 g/mol. The highest BCUT2D eigenvalue weighted by atomic mass is 35.5. The van der Waals surface area contributed by atoms with Crippen molar-refractivity contribution >= 4 is 50.7 Å². The molecule has 0 heterocycles. The molecule has 196 valence electrons. The van der Waals surface area contributed by atoms with E-state index in [9.17, 15) is 18.0 Å². The molecule has 0 radical (unpaired) electrons. The second-order valence-corrected chi connectivity index (χ2v) is 11.3.